The predicted octanol–water partition coefficient (Wildman–Crippen LogP) is 4.11. The molecule has 142 valence electrons. The highest BCUT2D eigenvalue weighted by Gasteiger charge is 2.14. The van der Waals surface area contributed by atoms with E-state index in [9.17, 15) is 0 Å². The van der Waals surface area contributed by atoms with Crippen molar-refractivity contribution in [1.82, 2.24) is 20.2 Å². The summed E-state index contributed by atoms with van der Waals surface area (Å²) >= 11 is 12.6. The molecule has 7 nitrogen and oxygen atoms in total. The van der Waals surface area contributed by atoms with Crippen LogP contribution in [0.15, 0.2) is 36.4 Å². The standard InChI is InChI=1S/C18H19Cl2N5O2/c1-3-26-16-9-12(10-21-18-22-23-24-25(18)2)8-15(20)17(16)27-11-13-6-4-5-7-14(13)19/h4-9H,3,10-11H2,1-2H3,(H,21,22,24). The number of hydrogen-bond acceptors (Lipinski definition) is 6. The molecule has 0 unspecified atom stereocenters. The molecule has 0 saturated carbocycles. The second-order valence-electron chi connectivity index (χ2n) is 5.70. The fourth-order valence-corrected chi connectivity index (χ4v) is 2.93. The van der Waals surface area contributed by atoms with Crippen LogP contribution in [0.5, 0.6) is 11.5 Å². The van der Waals surface area contributed by atoms with E-state index in [2.05, 4.69) is 20.8 Å². The summed E-state index contributed by atoms with van der Waals surface area (Å²) < 4.78 is 13.2. The highest BCUT2D eigenvalue weighted by molar-refractivity contribution is 6.32. The Bertz CT molecular complexity index is 917. The Morgan fingerprint density at radius 1 is 1.11 bits per heavy atom. The van der Waals surface area contributed by atoms with E-state index in [1.54, 1.807) is 11.7 Å². The van der Waals surface area contributed by atoms with Crippen LogP contribution >= 0.6 is 23.2 Å². The summed E-state index contributed by atoms with van der Waals surface area (Å²) in [6, 6.07) is 11.2. The highest BCUT2D eigenvalue weighted by Crippen LogP contribution is 2.37. The molecule has 0 bridgehead atoms. The van der Waals surface area contributed by atoms with Crippen LogP contribution in [0.25, 0.3) is 0 Å². The van der Waals surface area contributed by atoms with Crippen molar-refractivity contribution in [2.45, 2.75) is 20.1 Å². The van der Waals surface area contributed by atoms with Crippen LogP contribution in [0.1, 0.15) is 18.1 Å². The first-order valence-electron chi connectivity index (χ1n) is 8.36. The van der Waals surface area contributed by atoms with Gasteiger partial charge >= 0.3 is 0 Å². The second kappa shape index (κ2) is 8.92. The number of nitrogens with zero attached hydrogens (tertiary/aromatic N) is 4. The molecule has 0 fully saturated rings. The van der Waals surface area contributed by atoms with Gasteiger partial charge in [0.25, 0.3) is 0 Å². The number of nitrogens with one attached hydrogen (secondary N) is 1. The zero-order valence-electron chi connectivity index (χ0n) is 14.9. The lowest BCUT2D eigenvalue weighted by molar-refractivity contribution is 0.269. The molecule has 9 heteroatoms. The van der Waals surface area contributed by atoms with E-state index >= 15 is 0 Å². The zero-order chi connectivity index (χ0) is 19.2. The van der Waals surface area contributed by atoms with Gasteiger partial charge in [-0.3, -0.25) is 0 Å². The Balaban J connectivity index is 1.77. The van der Waals surface area contributed by atoms with Crippen LogP contribution in [0, 0.1) is 0 Å². The van der Waals surface area contributed by atoms with E-state index < -0.39 is 0 Å². The Morgan fingerprint density at radius 2 is 1.93 bits per heavy atom. The minimum Gasteiger partial charge on any atom is -0.490 e. The molecule has 3 rings (SSSR count). The Kier molecular flexibility index (Phi) is 6.36. The van der Waals surface area contributed by atoms with Crippen LogP contribution in [-0.4, -0.2) is 26.8 Å². The zero-order valence-corrected chi connectivity index (χ0v) is 16.5. The maximum atomic E-state index is 6.46. The quantitative estimate of drug-likeness (QED) is 0.605. The van der Waals surface area contributed by atoms with E-state index in [4.69, 9.17) is 32.7 Å². The monoisotopic (exact) mass is 407 g/mol. The summed E-state index contributed by atoms with van der Waals surface area (Å²) in [5.41, 5.74) is 1.79. The number of anilines is 1. The van der Waals surface area contributed by atoms with Crippen molar-refractivity contribution in [3.05, 3.63) is 57.6 Å². The summed E-state index contributed by atoms with van der Waals surface area (Å²) in [6.07, 6.45) is 0. The molecule has 0 aliphatic heterocycles. The van der Waals surface area contributed by atoms with Crippen LogP contribution in [0.4, 0.5) is 5.95 Å². The molecule has 0 spiro atoms. The van der Waals surface area contributed by atoms with E-state index in [-0.39, 0.29) is 0 Å². The molecule has 0 atom stereocenters. The third-order valence-electron chi connectivity index (χ3n) is 3.77. The number of aromatic nitrogens is 4. The minimum atomic E-state index is 0.293. The van der Waals surface area contributed by atoms with E-state index in [0.717, 1.165) is 11.1 Å². The Morgan fingerprint density at radius 3 is 2.63 bits per heavy atom. The van der Waals surface area contributed by atoms with Gasteiger partial charge in [0.15, 0.2) is 11.5 Å². The lowest BCUT2D eigenvalue weighted by Crippen LogP contribution is -2.07. The van der Waals surface area contributed by atoms with Crippen molar-refractivity contribution in [3.8, 4) is 11.5 Å². The largest absolute Gasteiger partial charge is 0.490 e. The number of rotatable bonds is 8. The number of benzene rings is 2. The summed E-state index contributed by atoms with van der Waals surface area (Å²) in [4.78, 5) is 0. The van der Waals surface area contributed by atoms with Crippen molar-refractivity contribution in [2.75, 3.05) is 11.9 Å². The molecule has 0 aliphatic rings. The van der Waals surface area contributed by atoms with Crippen molar-refractivity contribution in [1.29, 1.82) is 0 Å². The highest BCUT2D eigenvalue weighted by atomic mass is 35.5. The van der Waals surface area contributed by atoms with Gasteiger partial charge in [0, 0.05) is 24.2 Å². The van der Waals surface area contributed by atoms with Gasteiger partial charge in [0.2, 0.25) is 5.95 Å². The predicted molar refractivity (Wildman–Crippen MR) is 105 cm³/mol. The molecule has 1 N–H and O–H groups in total. The summed E-state index contributed by atoms with van der Waals surface area (Å²) in [5.74, 6) is 1.62. The van der Waals surface area contributed by atoms with Gasteiger partial charge in [0.1, 0.15) is 6.61 Å². The molecular weight excluding hydrogens is 389 g/mol. The molecule has 0 amide bonds. The van der Waals surface area contributed by atoms with Crippen LogP contribution < -0.4 is 14.8 Å². The van der Waals surface area contributed by atoms with Gasteiger partial charge in [0.05, 0.1) is 11.6 Å². The van der Waals surface area contributed by atoms with Crippen molar-refractivity contribution in [2.24, 2.45) is 7.05 Å². The van der Waals surface area contributed by atoms with E-state index in [1.165, 1.54) is 0 Å². The van der Waals surface area contributed by atoms with Gasteiger partial charge in [-0.2, -0.15) is 0 Å². The average molecular weight is 408 g/mol. The molecule has 2 aromatic carbocycles. The second-order valence-corrected chi connectivity index (χ2v) is 6.51. The fraction of sp³-hybridized carbons (Fsp3) is 0.278. The molecule has 0 radical (unpaired) electrons. The Hall–Kier alpha value is -2.51. The lowest BCUT2D eigenvalue weighted by atomic mass is 10.2. The van der Waals surface area contributed by atoms with Crippen LogP contribution in [-0.2, 0) is 20.2 Å². The first-order valence-corrected chi connectivity index (χ1v) is 9.11. The molecule has 27 heavy (non-hydrogen) atoms. The number of ether oxygens (including phenoxy) is 2. The Labute approximate surface area is 167 Å². The fourth-order valence-electron chi connectivity index (χ4n) is 2.45. The summed E-state index contributed by atoms with van der Waals surface area (Å²) in [5, 5.41) is 15.5. The molecule has 0 saturated heterocycles. The van der Waals surface area contributed by atoms with E-state index in [0.29, 0.717) is 47.3 Å². The topological polar surface area (TPSA) is 74.1 Å². The van der Waals surface area contributed by atoms with Gasteiger partial charge in [-0.1, -0.05) is 46.5 Å². The normalized spacial score (nSPS) is 10.7. The molecular formula is C18H19Cl2N5O2. The van der Waals surface area contributed by atoms with Crippen molar-refractivity contribution < 1.29 is 9.47 Å². The summed E-state index contributed by atoms with van der Waals surface area (Å²) in [6.45, 7) is 3.17. The SMILES string of the molecule is CCOc1cc(CNc2nnnn2C)cc(Cl)c1OCc1ccccc1Cl. The molecule has 0 aliphatic carbocycles. The summed E-state index contributed by atoms with van der Waals surface area (Å²) in [7, 11) is 1.76. The van der Waals surface area contributed by atoms with E-state index in [1.807, 2.05) is 43.3 Å². The number of halogens is 2. The molecule has 3 aromatic rings. The maximum Gasteiger partial charge on any atom is 0.242 e. The molecule has 1 heterocycles. The number of hydrogen-bond donors (Lipinski definition) is 1. The van der Waals surface area contributed by atoms with Gasteiger partial charge in [-0.05, 0) is 41.1 Å². The smallest absolute Gasteiger partial charge is 0.242 e. The van der Waals surface area contributed by atoms with Crippen molar-refractivity contribution in [3.63, 3.8) is 0 Å². The number of aryl methyl sites for hydroxylation is 1. The third-order valence-corrected chi connectivity index (χ3v) is 4.42. The first-order chi connectivity index (χ1) is 13.1. The van der Waals surface area contributed by atoms with Crippen LogP contribution in [0.3, 0.4) is 0 Å². The van der Waals surface area contributed by atoms with Crippen LogP contribution in [0.2, 0.25) is 10.0 Å². The third kappa shape index (κ3) is 4.81. The van der Waals surface area contributed by atoms with Gasteiger partial charge in [-0.15, -0.1) is 0 Å². The number of tetrazole rings is 1. The average Bonchev–Trinajstić information content (AvgIpc) is 3.06. The van der Waals surface area contributed by atoms with Crippen molar-refractivity contribution >= 4 is 29.2 Å². The molecule has 1 aromatic heterocycles. The minimum absolute atomic E-state index is 0.293. The first kappa shape index (κ1) is 19.3. The lowest BCUT2D eigenvalue weighted by Gasteiger charge is -2.16. The maximum absolute atomic E-state index is 6.46. The van der Waals surface area contributed by atoms with Gasteiger partial charge < -0.3 is 14.8 Å². The van der Waals surface area contributed by atoms with Gasteiger partial charge in [-0.25, -0.2) is 4.68 Å².